The molecule has 0 fully saturated rings. The van der Waals surface area contributed by atoms with Crippen molar-refractivity contribution in [2.75, 3.05) is 12.4 Å². The second-order valence-corrected chi connectivity index (χ2v) is 8.57. The Labute approximate surface area is 191 Å². The Bertz CT molecular complexity index is 1080. The van der Waals surface area contributed by atoms with Crippen molar-refractivity contribution >= 4 is 29.4 Å². The van der Waals surface area contributed by atoms with E-state index in [0.29, 0.717) is 25.2 Å². The first-order valence-electron chi connectivity index (χ1n) is 10.5. The van der Waals surface area contributed by atoms with Gasteiger partial charge in [-0.3, -0.25) is 9.59 Å². The number of methoxy groups -OCH3 is 1. The molecule has 4 rings (SSSR count). The van der Waals surface area contributed by atoms with Crippen molar-refractivity contribution in [1.82, 2.24) is 15.1 Å². The first-order valence-corrected chi connectivity index (χ1v) is 11.7. The summed E-state index contributed by atoms with van der Waals surface area (Å²) in [5.74, 6) is 2.77. The number of rotatable bonds is 9. The highest BCUT2D eigenvalue weighted by Gasteiger charge is 2.24. The lowest BCUT2D eigenvalue weighted by Gasteiger charge is -2.12. The minimum Gasteiger partial charge on any atom is -0.497 e. The molecule has 0 unspecified atom stereocenters. The normalized spacial score (nSPS) is 12.3. The predicted octanol–water partition coefficient (Wildman–Crippen LogP) is 3.53. The van der Waals surface area contributed by atoms with Crippen LogP contribution in [0.25, 0.3) is 0 Å². The molecule has 0 saturated carbocycles. The molecule has 166 valence electrons. The van der Waals surface area contributed by atoms with Gasteiger partial charge in [-0.05, 0) is 29.7 Å². The number of amides is 2. The Hall–Kier alpha value is -3.26. The monoisotopic (exact) mass is 450 g/mol. The van der Waals surface area contributed by atoms with Gasteiger partial charge in [0.2, 0.25) is 11.8 Å². The van der Waals surface area contributed by atoms with E-state index >= 15 is 0 Å². The average Bonchev–Trinajstić information content (AvgIpc) is 3.40. The van der Waals surface area contributed by atoms with Gasteiger partial charge in [-0.25, -0.2) is 4.68 Å². The highest BCUT2D eigenvalue weighted by Crippen LogP contribution is 2.34. The van der Waals surface area contributed by atoms with E-state index in [2.05, 4.69) is 15.7 Å². The van der Waals surface area contributed by atoms with Crippen LogP contribution >= 0.6 is 11.8 Å². The minimum absolute atomic E-state index is 0.0577. The summed E-state index contributed by atoms with van der Waals surface area (Å²) in [6.07, 6.45) is 1.04. The maximum Gasteiger partial charge on any atom is 0.242 e. The Morgan fingerprint density at radius 1 is 1.03 bits per heavy atom. The largest absolute Gasteiger partial charge is 0.497 e. The Morgan fingerprint density at radius 2 is 1.81 bits per heavy atom. The topological polar surface area (TPSA) is 85.2 Å². The van der Waals surface area contributed by atoms with Crippen molar-refractivity contribution in [1.29, 1.82) is 0 Å². The predicted molar refractivity (Wildman–Crippen MR) is 125 cm³/mol. The molecule has 1 aliphatic heterocycles. The van der Waals surface area contributed by atoms with Crippen LogP contribution in [-0.2, 0) is 40.6 Å². The zero-order valence-electron chi connectivity index (χ0n) is 18.0. The number of carbonyl (C=O) groups is 2. The van der Waals surface area contributed by atoms with E-state index in [9.17, 15) is 9.59 Å². The Kier molecular flexibility index (Phi) is 7.11. The maximum atomic E-state index is 12.6. The first-order chi connectivity index (χ1) is 15.6. The van der Waals surface area contributed by atoms with Crippen LogP contribution in [0.5, 0.6) is 5.75 Å². The van der Waals surface area contributed by atoms with Crippen LogP contribution < -0.4 is 15.4 Å². The third-order valence-corrected chi connectivity index (χ3v) is 6.27. The van der Waals surface area contributed by atoms with Crippen LogP contribution in [0.2, 0.25) is 0 Å². The Morgan fingerprint density at radius 3 is 2.56 bits per heavy atom. The molecule has 2 amide bonds. The lowest BCUT2D eigenvalue weighted by Crippen LogP contribution is -2.28. The van der Waals surface area contributed by atoms with Gasteiger partial charge in [-0.1, -0.05) is 42.5 Å². The molecule has 2 aromatic carbocycles. The molecule has 3 aromatic rings. The zero-order valence-corrected chi connectivity index (χ0v) is 18.8. The molecule has 0 aliphatic carbocycles. The number of thioether (sulfide) groups is 1. The van der Waals surface area contributed by atoms with E-state index in [1.54, 1.807) is 23.6 Å². The number of benzene rings is 2. The van der Waals surface area contributed by atoms with Gasteiger partial charge in [-0.15, -0.1) is 0 Å². The molecule has 1 aromatic heterocycles. The number of aryl methyl sites for hydroxylation is 1. The molecule has 1 aliphatic rings. The van der Waals surface area contributed by atoms with Crippen molar-refractivity contribution in [3.8, 4) is 5.75 Å². The quantitative estimate of drug-likeness (QED) is 0.521. The third kappa shape index (κ3) is 5.50. The van der Waals surface area contributed by atoms with Gasteiger partial charge in [0.15, 0.2) is 0 Å². The number of fused-ring (bicyclic) bond motifs is 1. The standard InChI is InChI=1S/C24H26N4O3S/c1-31-19-10-7-18(8-11-19)13-25-23(30)14-28-24(20-15-32-16-21(20)27-28)26-22(29)12-9-17-5-3-2-4-6-17/h2-8,10-11H,9,12-16H2,1H3,(H,25,30)(H,26,29). The van der Waals surface area contributed by atoms with E-state index in [1.165, 1.54) is 0 Å². The smallest absolute Gasteiger partial charge is 0.242 e. The first kappa shape index (κ1) is 22.0. The van der Waals surface area contributed by atoms with Gasteiger partial charge in [-0.2, -0.15) is 16.9 Å². The summed E-state index contributed by atoms with van der Waals surface area (Å²) in [7, 11) is 1.62. The molecule has 0 atom stereocenters. The van der Waals surface area contributed by atoms with Crippen LogP contribution in [0, 0.1) is 0 Å². The number of anilines is 1. The van der Waals surface area contributed by atoms with Crippen molar-refractivity contribution in [3.05, 3.63) is 77.0 Å². The molecular formula is C24H26N4O3S. The van der Waals surface area contributed by atoms with Gasteiger partial charge in [0.05, 0.1) is 12.8 Å². The maximum absolute atomic E-state index is 12.6. The lowest BCUT2D eigenvalue weighted by molar-refractivity contribution is -0.122. The fourth-order valence-corrected chi connectivity index (χ4v) is 4.59. The number of hydrogen-bond donors (Lipinski definition) is 2. The van der Waals surface area contributed by atoms with Gasteiger partial charge >= 0.3 is 0 Å². The number of aromatic nitrogens is 2. The SMILES string of the molecule is COc1ccc(CNC(=O)Cn2nc3c(c2NC(=O)CCc2ccccc2)CSC3)cc1. The van der Waals surface area contributed by atoms with Crippen LogP contribution in [0.15, 0.2) is 54.6 Å². The molecule has 0 bridgehead atoms. The van der Waals surface area contributed by atoms with E-state index in [0.717, 1.165) is 39.6 Å². The van der Waals surface area contributed by atoms with Gasteiger partial charge in [0.25, 0.3) is 0 Å². The summed E-state index contributed by atoms with van der Waals surface area (Å²) in [4.78, 5) is 25.2. The molecule has 0 spiro atoms. The van der Waals surface area contributed by atoms with Crippen molar-refractivity contribution in [3.63, 3.8) is 0 Å². The molecule has 0 saturated heterocycles. The second kappa shape index (κ2) is 10.4. The number of carbonyl (C=O) groups excluding carboxylic acids is 2. The lowest BCUT2D eigenvalue weighted by atomic mass is 10.1. The van der Waals surface area contributed by atoms with Gasteiger partial charge < -0.3 is 15.4 Å². The summed E-state index contributed by atoms with van der Waals surface area (Å²) in [5.41, 5.74) is 4.06. The molecule has 2 heterocycles. The highest BCUT2D eigenvalue weighted by molar-refractivity contribution is 7.98. The summed E-state index contributed by atoms with van der Waals surface area (Å²) in [5, 5.41) is 10.5. The van der Waals surface area contributed by atoms with E-state index < -0.39 is 0 Å². The van der Waals surface area contributed by atoms with E-state index in [-0.39, 0.29) is 18.4 Å². The van der Waals surface area contributed by atoms with E-state index in [1.807, 2.05) is 54.6 Å². The number of nitrogens with one attached hydrogen (secondary N) is 2. The molecule has 0 radical (unpaired) electrons. The van der Waals surface area contributed by atoms with Crippen LogP contribution in [-0.4, -0.2) is 28.7 Å². The fourth-order valence-electron chi connectivity index (χ4n) is 3.55. The van der Waals surface area contributed by atoms with Crippen molar-refractivity contribution < 1.29 is 14.3 Å². The fraction of sp³-hybridized carbons (Fsp3) is 0.292. The number of nitrogens with zero attached hydrogens (tertiary/aromatic N) is 2. The number of ether oxygens (including phenoxy) is 1. The van der Waals surface area contributed by atoms with Crippen LogP contribution in [0.1, 0.15) is 28.8 Å². The van der Waals surface area contributed by atoms with Gasteiger partial charge in [0.1, 0.15) is 18.1 Å². The molecule has 8 heteroatoms. The summed E-state index contributed by atoms with van der Waals surface area (Å²) < 4.78 is 6.77. The van der Waals surface area contributed by atoms with Crippen LogP contribution in [0.3, 0.4) is 0 Å². The minimum atomic E-state index is -0.158. The number of hydrogen-bond acceptors (Lipinski definition) is 5. The summed E-state index contributed by atoms with van der Waals surface area (Å²) in [6.45, 7) is 0.473. The van der Waals surface area contributed by atoms with Crippen LogP contribution in [0.4, 0.5) is 5.82 Å². The summed E-state index contributed by atoms with van der Waals surface area (Å²) in [6, 6.07) is 17.5. The molecule has 2 N–H and O–H groups in total. The second-order valence-electron chi connectivity index (χ2n) is 7.58. The molecule has 7 nitrogen and oxygen atoms in total. The highest BCUT2D eigenvalue weighted by atomic mass is 32.2. The van der Waals surface area contributed by atoms with Crippen molar-refractivity contribution in [2.24, 2.45) is 0 Å². The van der Waals surface area contributed by atoms with E-state index in [4.69, 9.17) is 4.74 Å². The van der Waals surface area contributed by atoms with Crippen molar-refractivity contribution in [2.45, 2.75) is 37.4 Å². The molecular weight excluding hydrogens is 424 g/mol. The zero-order chi connectivity index (χ0) is 22.3. The third-order valence-electron chi connectivity index (χ3n) is 5.30. The average molecular weight is 451 g/mol. The molecule has 32 heavy (non-hydrogen) atoms. The Balaban J connectivity index is 1.37. The summed E-state index contributed by atoms with van der Waals surface area (Å²) >= 11 is 1.76. The van der Waals surface area contributed by atoms with Gasteiger partial charge in [0, 0.05) is 30.0 Å².